The van der Waals surface area contributed by atoms with Gasteiger partial charge in [-0.1, -0.05) is 60.6 Å². The van der Waals surface area contributed by atoms with Gasteiger partial charge in [-0.05, 0) is 24.1 Å². The van der Waals surface area contributed by atoms with E-state index in [-0.39, 0.29) is 0 Å². The van der Waals surface area contributed by atoms with Crippen LogP contribution in [0.2, 0.25) is 0 Å². The van der Waals surface area contributed by atoms with Crippen molar-refractivity contribution in [3.63, 3.8) is 0 Å². The lowest BCUT2D eigenvalue weighted by molar-refractivity contribution is -0.120. The third-order valence-electron chi connectivity index (χ3n) is 1.52. The fourth-order valence-corrected chi connectivity index (χ4v) is 0.859. The molecule has 2 heteroatoms. The standard InChI is InChI=1S/C9H10O2.3C2H6/c1-2-8-3-5-9(6-4-8)11-7-10;3*1-2/h3-7H,2H2,1H3;3*1-2H3. The van der Waals surface area contributed by atoms with Crippen molar-refractivity contribution in [1.82, 2.24) is 0 Å². The van der Waals surface area contributed by atoms with Crippen LogP contribution in [0.25, 0.3) is 0 Å². The van der Waals surface area contributed by atoms with Crippen molar-refractivity contribution < 1.29 is 9.53 Å². The highest BCUT2D eigenvalue weighted by molar-refractivity contribution is 5.45. The molecule has 0 aliphatic rings. The molecule has 0 aliphatic carbocycles. The van der Waals surface area contributed by atoms with Gasteiger partial charge in [0.1, 0.15) is 5.75 Å². The molecule has 0 atom stereocenters. The average Bonchev–Trinajstić information content (AvgIpc) is 2.46. The lowest BCUT2D eigenvalue weighted by Crippen LogP contribution is -1.88. The van der Waals surface area contributed by atoms with Crippen LogP contribution in [0.15, 0.2) is 24.3 Å². The van der Waals surface area contributed by atoms with Gasteiger partial charge < -0.3 is 4.74 Å². The first-order chi connectivity index (χ1) is 8.36. The molecule has 0 N–H and O–H groups in total. The molecule has 0 fully saturated rings. The molecule has 0 radical (unpaired) electrons. The molecule has 0 amide bonds. The average molecular weight is 240 g/mol. The van der Waals surface area contributed by atoms with Crippen molar-refractivity contribution in [3.05, 3.63) is 29.8 Å². The number of hydrogen-bond donors (Lipinski definition) is 0. The Kier molecular flexibility index (Phi) is 24.9. The van der Waals surface area contributed by atoms with Crippen LogP contribution in [-0.4, -0.2) is 6.47 Å². The predicted octanol–water partition coefficient (Wildman–Crippen LogP) is 4.86. The molecule has 0 aromatic heterocycles. The maximum absolute atomic E-state index is 9.91. The minimum Gasteiger partial charge on any atom is -0.429 e. The van der Waals surface area contributed by atoms with Gasteiger partial charge in [0.05, 0.1) is 0 Å². The van der Waals surface area contributed by atoms with Gasteiger partial charge in [-0.2, -0.15) is 0 Å². The molecule has 1 aromatic rings. The zero-order chi connectivity index (χ0) is 14.1. The van der Waals surface area contributed by atoms with Crippen molar-refractivity contribution in [1.29, 1.82) is 0 Å². The summed E-state index contributed by atoms with van der Waals surface area (Å²) >= 11 is 0. The van der Waals surface area contributed by atoms with Gasteiger partial charge in [-0.25, -0.2) is 0 Å². The van der Waals surface area contributed by atoms with Crippen LogP contribution in [-0.2, 0) is 11.2 Å². The Morgan fingerprint density at radius 1 is 0.941 bits per heavy atom. The molecular formula is C15H28O2. The lowest BCUT2D eigenvalue weighted by atomic mass is 10.2. The summed E-state index contributed by atoms with van der Waals surface area (Å²) in [7, 11) is 0. The van der Waals surface area contributed by atoms with E-state index in [2.05, 4.69) is 11.7 Å². The molecule has 1 aromatic carbocycles. The molecule has 0 bridgehead atoms. The molecule has 2 nitrogen and oxygen atoms in total. The van der Waals surface area contributed by atoms with Crippen LogP contribution >= 0.6 is 0 Å². The normalized spacial score (nSPS) is 7.00. The quantitative estimate of drug-likeness (QED) is 0.705. The second kappa shape index (κ2) is 20.1. The van der Waals surface area contributed by atoms with E-state index in [1.54, 1.807) is 12.1 Å². The summed E-state index contributed by atoms with van der Waals surface area (Å²) in [4.78, 5) is 9.91. The van der Waals surface area contributed by atoms with Crippen LogP contribution < -0.4 is 4.74 Å². The van der Waals surface area contributed by atoms with E-state index in [0.29, 0.717) is 12.2 Å². The van der Waals surface area contributed by atoms with E-state index in [9.17, 15) is 4.79 Å². The Hall–Kier alpha value is -1.31. The van der Waals surface area contributed by atoms with Crippen molar-refractivity contribution in [2.24, 2.45) is 0 Å². The molecule has 1 rings (SSSR count). The fourth-order valence-electron chi connectivity index (χ4n) is 0.859. The topological polar surface area (TPSA) is 26.3 Å². The van der Waals surface area contributed by atoms with Gasteiger partial charge in [0.15, 0.2) is 0 Å². The maximum Gasteiger partial charge on any atom is 0.298 e. The minimum atomic E-state index is 0.432. The summed E-state index contributed by atoms with van der Waals surface area (Å²) in [6, 6.07) is 7.46. The van der Waals surface area contributed by atoms with Crippen molar-refractivity contribution >= 4 is 6.47 Å². The Morgan fingerprint density at radius 3 is 1.65 bits per heavy atom. The van der Waals surface area contributed by atoms with E-state index in [1.165, 1.54) is 5.56 Å². The van der Waals surface area contributed by atoms with Crippen LogP contribution in [0.1, 0.15) is 54.0 Å². The Morgan fingerprint density at radius 2 is 1.35 bits per heavy atom. The van der Waals surface area contributed by atoms with Crippen molar-refractivity contribution in [2.75, 3.05) is 0 Å². The number of benzene rings is 1. The SMILES string of the molecule is CC.CC.CC.CCc1ccc(OC=O)cc1. The van der Waals surface area contributed by atoms with E-state index >= 15 is 0 Å². The number of rotatable bonds is 3. The molecule has 0 heterocycles. The summed E-state index contributed by atoms with van der Waals surface area (Å²) in [5, 5.41) is 0. The first-order valence-corrected chi connectivity index (χ1v) is 6.56. The maximum atomic E-state index is 9.91. The number of carbonyl (C=O) groups is 1. The zero-order valence-corrected chi connectivity index (χ0v) is 12.4. The van der Waals surface area contributed by atoms with E-state index in [4.69, 9.17) is 0 Å². The third-order valence-corrected chi connectivity index (χ3v) is 1.52. The second-order valence-corrected chi connectivity index (χ2v) is 2.21. The highest BCUT2D eigenvalue weighted by Crippen LogP contribution is 2.11. The third kappa shape index (κ3) is 12.6. The van der Waals surface area contributed by atoms with Gasteiger partial charge in [-0.15, -0.1) is 0 Å². The Balaban J connectivity index is -0.000000285. The van der Waals surface area contributed by atoms with Crippen LogP contribution in [0, 0.1) is 0 Å². The monoisotopic (exact) mass is 240 g/mol. The largest absolute Gasteiger partial charge is 0.429 e. The number of ether oxygens (including phenoxy) is 1. The predicted molar refractivity (Wildman–Crippen MR) is 76.6 cm³/mol. The fraction of sp³-hybridized carbons (Fsp3) is 0.533. The molecule has 0 saturated carbocycles. The summed E-state index contributed by atoms with van der Waals surface area (Å²) < 4.78 is 4.62. The van der Waals surface area contributed by atoms with E-state index in [1.807, 2.05) is 53.7 Å². The summed E-state index contributed by atoms with van der Waals surface area (Å²) in [6.45, 7) is 14.5. The summed E-state index contributed by atoms with van der Waals surface area (Å²) in [5.74, 6) is 0.595. The summed E-state index contributed by atoms with van der Waals surface area (Å²) in [6.07, 6.45) is 1.00. The summed E-state index contributed by atoms with van der Waals surface area (Å²) in [5.41, 5.74) is 1.24. The number of hydrogen-bond acceptors (Lipinski definition) is 2. The van der Waals surface area contributed by atoms with Gasteiger partial charge in [0, 0.05) is 0 Å². The van der Waals surface area contributed by atoms with Crippen LogP contribution in [0.4, 0.5) is 0 Å². The molecule has 0 aliphatic heterocycles. The number of aryl methyl sites for hydroxylation is 1. The van der Waals surface area contributed by atoms with Crippen LogP contribution in [0.5, 0.6) is 5.75 Å². The smallest absolute Gasteiger partial charge is 0.298 e. The number of carbonyl (C=O) groups excluding carboxylic acids is 1. The highest BCUT2D eigenvalue weighted by atomic mass is 16.5. The first-order valence-electron chi connectivity index (χ1n) is 6.56. The molecule has 100 valence electrons. The Labute approximate surface area is 107 Å². The van der Waals surface area contributed by atoms with E-state index in [0.717, 1.165) is 6.42 Å². The Bertz CT molecular complexity index is 227. The second-order valence-electron chi connectivity index (χ2n) is 2.21. The van der Waals surface area contributed by atoms with Crippen molar-refractivity contribution in [2.45, 2.75) is 54.9 Å². The van der Waals surface area contributed by atoms with Gasteiger partial charge in [0.25, 0.3) is 6.47 Å². The lowest BCUT2D eigenvalue weighted by Gasteiger charge is -1.98. The van der Waals surface area contributed by atoms with Gasteiger partial charge in [0.2, 0.25) is 0 Å². The molecule has 17 heavy (non-hydrogen) atoms. The van der Waals surface area contributed by atoms with E-state index < -0.39 is 0 Å². The van der Waals surface area contributed by atoms with Gasteiger partial charge >= 0.3 is 0 Å². The van der Waals surface area contributed by atoms with Gasteiger partial charge in [-0.3, -0.25) is 4.79 Å². The molecular weight excluding hydrogens is 212 g/mol. The minimum absolute atomic E-state index is 0.432. The molecule has 0 saturated heterocycles. The van der Waals surface area contributed by atoms with Crippen LogP contribution in [0.3, 0.4) is 0 Å². The van der Waals surface area contributed by atoms with Crippen molar-refractivity contribution in [3.8, 4) is 5.75 Å². The molecule has 0 spiro atoms. The zero-order valence-electron chi connectivity index (χ0n) is 12.4. The highest BCUT2D eigenvalue weighted by Gasteiger charge is 1.91. The first kappa shape index (κ1) is 21.0. The molecule has 0 unspecified atom stereocenters.